The van der Waals surface area contributed by atoms with E-state index in [0.717, 1.165) is 24.1 Å². The minimum Gasteiger partial charge on any atom is -0.493 e. The van der Waals surface area contributed by atoms with Gasteiger partial charge in [0.15, 0.2) is 23.1 Å². The summed E-state index contributed by atoms with van der Waals surface area (Å²) in [5.74, 6) is 1.62. The van der Waals surface area contributed by atoms with Crippen molar-refractivity contribution in [1.82, 2.24) is 19.9 Å². The molecule has 0 saturated heterocycles. The molecule has 9 nitrogen and oxygen atoms in total. The van der Waals surface area contributed by atoms with Crippen LogP contribution in [0.5, 0.6) is 23.1 Å². The van der Waals surface area contributed by atoms with Gasteiger partial charge in [-0.2, -0.15) is 0 Å². The molecule has 2 heterocycles. The van der Waals surface area contributed by atoms with Crippen LogP contribution in [-0.2, 0) is 4.79 Å². The summed E-state index contributed by atoms with van der Waals surface area (Å²) in [5.41, 5.74) is 2.23. The number of methoxy groups -OCH3 is 1. The molecule has 0 unspecified atom stereocenters. The smallest absolute Gasteiger partial charge is 0.290 e. The van der Waals surface area contributed by atoms with Crippen molar-refractivity contribution in [2.45, 2.75) is 25.8 Å². The first-order valence-corrected chi connectivity index (χ1v) is 11.5. The summed E-state index contributed by atoms with van der Waals surface area (Å²) in [6.07, 6.45) is 3.65. The second-order valence-electron chi connectivity index (χ2n) is 8.96. The number of nitrogens with zero attached hydrogens (tertiary/aromatic N) is 3. The molecule has 0 spiro atoms. The van der Waals surface area contributed by atoms with Crippen LogP contribution in [0.4, 0.5) is 4.39 Å². The van der Waals surface area contributed by atoms with Gasteiger partial charge in [-0.15, -0.1) is 0 Å². The third kappa shape index (κ3) is 5.18. The number of ether oxygens (including phenoxy) is 3. The zero-order valence-electron chi connectivity index (χ0n) is 20.6. The summed E-state index contributed by atoms with van der Waals surface area (Å²) < 4.78 is 32.6. The van der Waals surface area contributed by atoms with E-state index in [0.29, 0.717) is 46.4 Å². The molecule has 4 aromatic rings. The average Bonchev–Trinajstić information content (AvgIpc) is 3.21. The molecule has 5 rings (SSSR count). The molecule has 36 heavy (non-hydrogen) atoms. The van der Waals surface area contributed by atoms with Crippen LogP contribution in [0.3, 0.4) is 0 Å². The predicted molar refractivity (Wildman–Crippen MR) is 134 cm³/mol. The highest BCUT2D eigenvalue weighted by molar-refractivity contribution is 5.87. The van der Waals surface area contributed by atoms with Crippen molar-refractivity contribution in [2.75, 3.05) is 27.8 Å². The molecule has 190 valence electrons. The van der Waals surface area contributed by atoms with Crippen LogP contribution >= 0.6 is 0 Å². The van der Waals surface area contributed by atoms with Crippen LogP contribution in [0.15, 0.2) is 36.7 Å². The fraction of sp³-hybridized carbons (Fsp3) is 0.346. The van der Waals surface area contributed by atoms with Crippen molar-refractivity contribution in [3.8, 4) is 23.1 Å². The third-order valence-corrected chi connectivity index (χ3v) is 6.34. The minimum atomic E-state index is -0.438. The van der Waals surface area contributed by atoms with E-state index in [1.165, 1.54) is 6.33 Å². The number of aromatic amines is 1. The molecule has 2 aromatic heterocycles. The van der Waals surface area contributed by atoms with E-state index in [-0.39, 0.29) is 18.1 Å². The second-order valence-corrected chi connectivity index (χ2v) is 8.96. The van der Waals surface area contributed by atoms with E-state index in [2.05, 4.69) is 33.9 Å². The number of aromatic nitrogens is 3. The number of carbonyl (C=O) groups is 1. The largest absolute Gasteiger partial charge is 0.493 e. The van der Waals surface area contributed by atoms with Gasteiger partial charge in [-0.1, -0.05) is 0 Å². The van der Waals surface area contributed by atoms with Gasteiger partial charge in [0.25, 0.3) is 6.47 Å². The number of fused-ring (bicyclic) bond motifs is 2. The summed E-state index contributed by atoms with van der Waals surface area (Å²) in [7, 11) is 5.80. The summed E-state index contributed by atoms with van der Waals surface area (Å²) in [5, 5.41) is 7.98. The lowest BCUT2D eigenvalue weighted by molar-refractivity contribution is -0.122. The molecule has 2 N–H and O–H groups in total. The molecule has 1 aliphatic rings. The van der Waals surface area contributed by atoms with Gasteiger partial charge in [0.05, 0.1) is 24.6 Å². The first-order chi connectivity index (χ1) is 17.3. The van der Waals surface area contributed by atoms with E-state index in [4.69, 9.17) is 24.1 Å². The number of carboxylic acid groups (broad SMARTS) is 1. The molecule has 0 bridgehead atoms. The zero-order valence-corrected chi connectivity index (χ0v) is 20.6. The number of hydrogen-bond donors (Lipinski definition) is 2. The quantitative estimate of drug-likeness (QED) is 0.352. The number of rotatable bonds is 7. The molecule has 1 saturated carbocycles. The van der Waals surface area contributed by atoms with Gasteiger partial charge in [-0.3, -0.25) is 4.79 Å². The number of hydrogen-bond acceptors (Lipinski definition) is 7. The maximum Gasteiger partial charge on any atom is 0.290 e. The zero-order chi connectivity index (χ0) is 25.8. The minimum absolute atomic E-state index is 0.0984. The van der Waals surface area contributed by atoms with Gasteiger partial charge >= 0.3 is 0 Å². The number of H-pyrrole nitrogens is 1. The first-order valence-electron chi connectivity index (χ1n) is 11.5. The van der Waals surface area contributed by atoms with Crippen LogP contribution in [0, 0.1) is 18.7 Å². The normalized spacial score (nSPS) is 16.8. The first kappa shape index (κ1) is 25.2. The standard InChI is InChI=1S/C25H27FN4O3.CH2O2/c1-14-7-17-19(29-14)5-6-21(24(17)26)33-25-18-10-22(31-4)23(11-20(18)27-13-28-25)32-12-15-8-16(9-15)30(2)3;2-1-3/h5-7,10-11,13,15-16,29H,8-9,12H2,1-4H3;1H,(H,2,3). The topological polar surface area (TPSA) is 110 Å². The lowest BCUT2D eigenvalue weighted by Crippen LogP contribution is -2.42. The maximum atomic E-state index is 15.0. The Labute approximate surface area is 207 Å². The van der Waals surface area contributed by atoms with Crippen molar-refractivity contribution in [3.63, 3.8) is 0 Å². The molecule has 0 atom stereocenters. The molecular formula is C26H29FN4O5. The van der Waals surface area contributed by atoms with Crippen molar-refractivity contribution in [1.29, 1.82) is 0 Å². The highest BCUT2D eigenvalue weighted by Gasteiger charge is 2.31. The van der Waals surface area contributed by atoms with Gasteiger partial charge in [0, 0.05) is 28.7 Å². The Morgan fingerprint density at radius 1 is 1.14 bits per heavy atom. The van der Waals surface area contributed by atoms with E-state index >= 15 is 4.39 Å². The third-order valence-electron chi connectivity index (χ3n) is 6.34. The molecule has 0 amide bonds. The number of aryl methyl sites for hydroxylation is 1. The molecule has 0 aliphatic heterocycles. The van der Waals surface area contributed by atoms with Crippen LogP contribution < -0.4 is 14.2 Å². The number of nitrogens with one attached hydrogen (secondary N) is 1. The van der Waals surface area contributed by atoms with Crippen LogP contribution in [0.1, 0.15) is 18.5 Å². The lowest BCUT2D eigenvalue weighted by Gasteiger charge is -2.39. The van der Waals surface area contributed by atoms with Crippen molar-refractivity contribution in [3.05, 3.63) is 48.2 Å². The highest BCUT2D eigenvalue weighted by atomic mass is 19.1. The fourth-order valence-corrected chi connectivity index (χ4v) is 4.33. The van der Waals surface area contributed by atoms with E-state index in [9.17, 15) is 0 Å². The van der Waals surface area contributed by atoms with E-state index in [1.807, 2.05) is 13.0 Å². The Kier molecular flexibility index (Phi) is 7.54. The number of halogens is 1. The molecular weight excluding hydrogens is 467 g/mol. The average molecular weight is 497 g/mol. The Bertz CT molecular complexity index is 1370. The summed E-state index contributed by atoms with van der Waals surface area (Å²) in [4.78, 5) is 22.3. The lowest BCUT2D eigenvalue weighted by atomic mass is 9.80. The van der Waals surface area contributed by atoms with Gasteiger partial charge in [-0.25, -0.2) is 14.4 Å². The van der Waals surface area contributed by atoms with Crippen LogP contribution in [-0.4, -0.2) is 65.3 Å². The van der Waals surface area contributed by atoms with Gasteiger partial charge in [-0.05, 0) is 64.0 Å². The fourth-order valence-electron chi connectivity index (χ4n) is 4.33. The molecule has 0 radical (unpaired) electrons. The van der Waals surface area contributed by atoms with E-state index in [1.54, 1.807) is 31.4 Å². The van der Waals surface area contributed by atoms with Gasteiger partial charge in [0.2, 0.25) is 5.88 Å². The predicted octanol–water partition coefficient (Wildman–Crippen LogP) is 4.78. The summed E-state index contributed by atoms with van der Waals surface area (Å²) in [6.45, 7) is 2.26. The van der Waals surface area contributed by atoms with Crippen LogP contribution in [0.2, 0.25) is 0 Å². The molecule has 1 aliphatic carbocycles. The van der Waals surface area contributed by atoms with Gasteiger partial charge in [0.1, 0.15) is 6.33 Å². The number of benzene rings is 2. The maximum absolute atomic E-state index is 15.0. The Morgan fingerprint density at radius 2 is 1.89 bits per heavy atom. The highest BCUT2D eigenvalue weighted by Crippen LogP contribution is 2.38. The Hall–Kier alpha value is -3.92. The Morgan fingerprint density at radius 3 is 2.58 bits per heavy atom. The monoisotopic (exact) mass is 496 g/mol. The molecule has 1 fully saturated rings. The van der Waals surface area contributed by atoms with Gasteiger partial charge < -0.3 is 29.2 Å². The SMILES string of the molecule is COc1cc2c(Oc3ccc4[nH]c(C)cc4c3F)ncnc2cc1OCC1CC(N(C)C)C1.O=CO. The van der Waals surface area contributed by atoms with Crippen molar-refractivity contribution < 1.29 is 28.5 Å². The molecule has 2 aromatic carbocycles. The summed E-state index contributed by atoms with van der Waals surface area (Å²) in [6, 6.07) is 9.36. The molecule has 10 heteroatoms. The summed E-state index contributed by atoms with van der Waals surface area (Å²) >= 11 is 0. The van der Waals surface area contributed by atoms with Crippen molar-refractivity contribution >= 4 is 28.3 Å². The Balaban J connectivity index is 0.000000967. The van der Waals surface area contributed by atoms with Crippen molar-refractivity contribution in [2.24, 2.45) is 5.92 Å². The second kappa shape index (κ2) is 10.8. The van der Waals surface area contributed by atoms with Crippen LogP contribution in [0.25, 0.3) is 21.8 Å². The van der Waals surface area contributed by atoms with E-state index < -0.39 is 5.82 Å².